The van der Waals surface area contributed by atoms with E-state index in [1.165, 1.54) is 0 Å². The molecule has 6 heteroatoms. The lowest BCUT2D eigenvalue weighted by molar-refractivity contribution is -0.0889. The minimum absolute atomic E-state index is 0.114. The van der Waals surface area contributed by atoms with E-state index in [1.807, 2.05) is 24.3 Å². The zero-order chi connectivity index (χ0) is 21.2. The molecule has 0 saturated heterocycles. The van der Waals surface area contributed by atoms with E-state index in [9.17, 15) is 5.11 Å². The molecule has 0 bridgehead atoms. The number of hydrogen-bond acceptors (Lipinski definition) is 5. The maximum atomic E-state index is 10.4. The third-order valence-corrected chi connectivity index (χ3v) is 9.84. The second kappa shape index (κ2) is 11.7. The molecule has 0 amide bonds. The summed E-state index contributed by atoms with van der Waals surface area (Å²) in [6.07, 6.45) is 1.70. The maximum Gasteiger partial charge on any atom is 0.191 e. The van der Waals surface area contributed by atoms with Gasteiger partial charge in [-0.1, -0.05) is 39.0 Å². The van der Waals surface area contributed by atoms with Gasteiger partial charge in [0.15, 0.2) is 8.32 Å². The van der Waals surface area contributed by atoms with Crippen LogP contribution in [0.3, 0.4) is 0 Å². The van der Waals surface area contributed by atoms with E-state index in [-0.39, 0.29) is 17.7 Å². The molecule has 0 radical (unpaired) electrons. The number of aliphatic hydroxyl groups is 1. The Bertz CT molecular complexity index is 565. The normalized spacial score (nSPS) is 14.5. The van der Waals surface area contributed by atoms with Crippen LogP contribution in [0.1, 0.15) is 32.8 Å². The third-order valence-electron chi connectivity index (χ3n) is 5.34. The van der Waals surface area contributed by atoms with Gasteiger partial charge in [0, 0.05) is 12.5 Å². The first kappa shape index (κ1) is 24.9. The average Bonchev–Trinajstić information content (AvgIpc) is 2.63. The van der Waals surface area contributed by atoms with Crippen molar-refractivity contribution in [3.8, 4) is 5.75 Å². The van der Waals surface area contributed by atoms with Gasteiger partial charge in [0.1, 0.15) is 12.5 Å². The Hall–Kier alpha value is -1.18. The van der Waals surface area contributed by atoms with Crippen LogP contribution in [0.15, 0.2) is 36.9 Å². The van der Waals surface area contributed by atoms with E-state index < -0.39 is 14.4 Å². The first-order chi connectivity index (χ1) is 13.1. The lowest BCUT2D eigenvalue weighted by Gasteiger charge is -2.37. The van der Waals surface area contributed by atoms with E-state index >= 15 is 0 Å². The largest absolute Gasteiger partial charge is 0.497 e. The van der Waals surface area contributed by atoms with Gasteiger partial charge in [-0.2, -0.15) is 0 Å². The van der Waals surface area contributed by atoms with Crippen LogP contribution in [0.25, 0.3) is 0 Å². The van der Waals surface area contributed by atoms with Gasteiger partial charge < -0.3 is 23.7 Å². The van der Waals surface area contributed by atoms with Crippen molar-refractivity contribution in [2.45, 2.75) is 58.0 Å². The number of hydrogen-bond donors (Lipinski definition) is 1. The van der Waals surface area contributed by atoms with Gasteiger partial charge in [0.05, 0.1) is 26.4 Å². The van der Waals surface area contributed by atoms with Crippen molar-refractivity contribution in [2.75, 3.05) is 27.1 Å². The molecule has 0 heterocycles. The summed E-state index contributed by atoms with van der Waals surface area (Å²) in [7, 11) is -0.233. The quantitative estimate of drug-likeness (QED) is 0.220. The van der Waals surface area contributed by atoms with E-state index in [4.69, 9.17) is 18.6 Å². The van der Waals surface area contributed by atoms with Gasteiger partial charge in [-0.25, -0.2) is 0 Å². The highest BCUT2D eigenvalue weighted by Crippen LogP contribution is 2.37. The zero-order valence-electron chi connectivity index (χ0n) is 18.4. The monoisotopic (exact) mass is 410 g/mol. The highest BCUT2D eigenvalue weighted by Gasteiger charge is 2.38. The van der Waals surface area contributed by atoms with E-state index in [2.05, 4.69) is 40.4 Å². The SMILES string of the molecule is C=CC[C@H](O)[C@@H](COCOCc1ccc(OC)cc1)CO[Si](C)(C)C(C)(C)C. The Labute approximate surface area is 171 Å². The third kappa shape index (κ3) is 8.45. The van der Waals surface area contributed by atoms with E-state index in [1.54, 1.807) is 13.2 Å². The molecule has 5 nitrogen and oxygen atoms in total. The Morgan fingerprint density at radius 3 is 2.29 bits per heavy atom. The van der Waals surface area contributed by atoms with Crippen molar-refractivity contribution < 1.29 is 23.7 Å². The predicted octanol–water partition coefficient (Wildman–Crippen LogP) is 4.76. The van der Waals surface area contributed by atoms with Crippen LogP contribution in [-0.2, 0) is 20.5 Å². The number of benzene rings is 1. The molecule has 28 heavy (non-hydrogen) atoms. The fourth-order valence-electron chi connectivity index (χ4n) is 2.31. The number of methoxy groups -OCH3 is 1. The summed E-state index contributed by atoms with van der Waals surface area (Å²) in [6.45, 7) is 16.3. The molecular weight excluding hydrogens is 372 g/mol. The minimum Gasteiger partial charge on any atom is -0.497 e. The van der Waals surface area contributed by atoms with E-state index in [0.717, 1.165) is 11.3 Å². The lowest BCUT2D eigenvalue weighted by Crippen LogP contribution is -2.43. The summed E-state index contributed by atoms with van der Waals surface area (Å²) >= 11 is 0. The fraction of sp³-hybridized carbons (Fsp3) is 0.636. The number of ether oxygens (including phenoxy) is 3. The zero-order valence-corrected chi connectivity index (χ0v) is 19.4. The molecular formula is C22H38O5Si. The topological polar surface area (TPSA) is 57.2 Å². The molecule has 0 aliphatic rings. The number of rotatable bonds is 13. The van der Waals surface area contributed by atoms with Gasteiger partial charge >= 0.3 is 0 Å². The molecule has 160 valence electrons. The predicted molar refractivity (Wildman–Crippen MR) is 116 cm³/mol. The van der Waals surface area contributed by atoms with Crippen molar-refractivity contribution in [3.05, 3.63) is 42.5 Å². The minimum atomic E-state index is -1.88. The summed E-state index contributed by atoms with van der Waals surface area (Å²) in [5, 5.41) is 10.6. The lowest BCUT2D eigenvalue weighted by atomic mass is 10.0. The molecule has 0 aromatic heterocycles. The first-order valence-electron chi connectivity index (χ1n) is 9.82. The molecule has 1 rings (SSSR count). The van der Waals surface area contributed by atoms with Crippen LogP contribution >= 0.6 is 0 Å². The van der Waals surface area contributed by atoms with Crippen LogP contribution in [0.4, 0.5) is 0 Å². The fourth-order valence-corrected chi connectivity index (χ4v) is 3.37. The van der Waals surface area contributed by atoms with Gasteiger partial charge in [-0.05, 0) is 42.2 Å². The molecule has 1 aromatic rings. The van der Waals surface area contributed by atoms with Crippen molar-refractivity contribution in [2.24, 2.45) is 5.92 Å². The van der Waals surface area contributed by atoms with Gasteiger partial charge in [0.2, 0.25) is 0 Å². The highest BCUT2D eigenvalue weighted by molar-refractivity contribution is 6.74. The summed E-state index contributed by atoms with van der Waals surface area (Å²) < 4.78 is 22.7. The number of aliphatic hydroxyl groups excluding tert-OH is 1. The summed E-state index contributed by atoms with van der Waals surface area (Å²) in [5.74, 6) is 0.706. The molecule has 1 aromatic carbocycles. The average molecular weight is 411 g/mol. The second-order valence-corrected chi connectivity index (χ2v) is 13.4. The summed E-state index contributed by atoms with van der Waals surface area (Å²) in [5.41, 5.74) is 1.05. The highest BCUT2D eigenvalue weighted by atomic mass is 28.4. The molecule has 0 unspecified atom stereocenters. The molecule has 0 spiro atoms. The van der Waals surface area contributed by atoms with Gasteiger partial charge in [-0.3, -0.25) is 0 Å². The Morgan fingerprint density at radius 2 is 1.75 bits per heavy atom. The van der Waals surface area contributed by atoms with Crippen molar-refractivity contribution in [3.63, 3.8) is 0 Å². The summed E-state index contributed by atoms with van der Waals surface area (Å²) in [6, 6.07) is 7.73. The van der Waals surface area contributed by atoms with Crippen LogP contribution in [0, 0.1) is 5.92 Å². The first-order valence-corrected chi connectivity index (χ1v) is 12.7. The van der Waals surface area contributed by atoms with Crippen molar-refractivity contribution in [1.82, 2.24) is 0 Å². The standard InChI is InChI=1S/C22H38O5Si/c1-8-9-21(23)19(16-27-28(6,7)22(2,3)4)15-26-17-25-14-18-10-12-20(24-5)13-11-18/h8,10-13,19,21,23H,1,9,14-17H2,2-7H3/t19-,21-/m0/s1. The molecule has 0 aliphatic carbocycles. The molecule has 1 N–H and O–H groups in total. The molecule has 2 atom stereocenters. The Morgan fingerprint density at radius 1 is 1.11 bits per heavy atom. The maximum absolute atomic E-state index is 10.4. The molecule has 0 fully saturated rings. The van der Waals surface area contributed by atoms with Crippen LogP contribution in [0.2, 0.25) is 18.1 Å². The van der Waals surface area contributed by atoms with Crippen LogP contribution in [0.5, 0.6) is 5.75 Å². The Kier molecular flexibility index (Phi) is 10.4. The van der Waals surface area contributed by atoms with E-state index in [0.29, 0.717) is 26.2 Å². The van der Waals surface area contributed by atoms with Gasteiger partial charge in [0.25, 0.3) is 0 Å². The Balaban J connectivity index is 2.45. The van der Waals surface area contributed by atoms with Crippen molar-refractivity contribution >= 4 is 8.32 Å². The second-order valence-electron chi connectivity index (χ2n) is 8.61. The summed E-state index contributed by atoms with van der Waals surface area (Å²) in [4.78, 5) is 0. The molecule has 0 aliphatic heterocycles. The van der Waals surface area contributed by atoms with Crippen molar-refractivity contribution in [1.29, 1.82) is 0 Å². The van der Waals surface area contributed by atoms with Crippen LogP contribution < -0.4 is 4.74 Å². The smallest absolute Gasteiger partial charge is 0.191 e. The van der Waals surface area contributed by atoms with Gasteiger partial charge in [-0.15, -0.1) is 6.58 Å². The molecule has 0 saturated carbocycles. The van der Waals surface area contributed by atoms with Crippen LogP contribution in [-0.4, -0.2) is 46.6 Å².